The third-order valence-corrected chi connectivity index (χ3v) is 5.97. The van der Waals surface area contributed by atoms with Gasteiger partial charge in [-0.05, 0) is 63.3 Å². The molecule has 0 aromatic heterocycles. The van der Waals surface area contributed by atoms with Crippen LogP contribution in [-0.2, 0) is 9.53 Å². The fraction of sp³-hybridized carbons (Fsp3) is 0.938. The van der Waals surface area contributed by atoms with Gasteiger partial charge in [-0.3, -0.25) is 4.79 Å². The molecule has 0 unspecified atom stereocenters. The van der Waals surface area contributed by atoms with Crippen molar-refractivity contribution in [2.75, 3.05) is 6.54 Å². The number of hydrogen-bond donors (Lipinski definition) is 1. The summed E-state index contributed by atoms with van der Waals surface area (Å²) in [4.78, 5) is 12.2. The van der Waals surface area contributed by atoms with Crippen LogP contribution in [0.1, 0.15) is 46.5 Å². The van der Waals surface area contributed by atoms with E-state index in [9.17, 15) is 13.6 Å². The third-order valence-electron chi connectivity index (χ3n) is 5.97. The first-order chi connectivity index (χ1) is 9.61. The van der Waals surface area contributed by atoms with Crippen molar-refractivity contribution in [3.8, 4) is 0 Å². The van der Waals surface area contributed by atoms with Crippen LogP contribution in [0.3, 0.4) is 0 Å². The number of alkyl halides is 2. The monoisotopic (exact) mass is 301 g/mol. The molecule has 0 aliphatic heterocycles. The van der Waals surface area contributed by atoms with Gasteiger partial charge in [-0.2, -0.15) is 0 Å². The SMILES string of the molecule is CC(C)(C)OC(=O)C[C@]1(CN)[C@@H]2CC(F)(F)[C@@H]3CC[C@H]1[C@@H]32. The van der Waals surface area contributed by atoms with Gasteiger partial charge < -0.3 is 10.5 Å². The number of esters is 1. The van der Waals surface area contributed by atoms with Gasteiger partial charge in [0.1, 0.15) is 5.60 Å². The van der Waals surface area contributed by atoms with Crippen LogP contribution < -0.4 is 5.73 Å². The van der Waals surface area contributed by atoms with Gasteiger partial charge in [0.15, 0.2) is 0 Å². The molecule has 3 saturated carbocycles. The molecule has 5 heteroatoms. The lowest BCUT2D eigenvalue weighted by molar-refractivity contribution is -0.170. The van der Waals surface area contributed by atoms with Gasteiger partial charge in [0.25, 0.3) is 5.92 Å². The molecule has 0 bridgehead atoms. The van der Waals surface area contributed by atoms with Gasteiger partial charge >= 0.3 is 5.97 Å². The van der Waals surface area contributed by atoms with Crippen molar-refractivity contribution in [1.82, 2.24) is 0 Å². The molecule has 3 aliphatic carbocycles. The molecule has 3 rings (SSSR count). The van der Waals surface area contributed by atoms with E-state index in [1.165, 1.54) is 0 Å². The number of rotatable bonds is 3. The van der Waals surface area contributed by atoms with E-state index in [2.05, 4.69) is 0 Å². The van der Waals surface area contributed by atoms with Gasteiger partial charge in [-0.1, -0.05) is 0 Å². The Bertz CT molecular complexity index is 460. The zero-order valence-electron chi connectivity index (χ0n) is 13.0. The minimum Gasteiger partial charge on any atom is -0.460 e. The van der Waals surface area contributed by atoms with E-state index in [0.29, 0.717) is 13.0 Å². The van der Waals surface area contributed by atoms with E-state index >= 15 is 0 Å². The summed E-state index contributed by atoms with van der Waals surface area (Å²) in [6.45, 7) is 5.76. The predicted octanol–water partition coefficient (Wildman–Crippen LogP) is 2.97. The average molecular weight is 301 g/mol. The Morgan fingerprint density at radius 1 is 1.24 bits per heavy atom. The van der Waals surface area contributed by atoms with Gasteiger partial charge in [-0.25, -0.2) is 8.78 Å². The van der Waals surface area contributed by atoms with Crippen molar-refractivity contribution < 1.29 is 18.3 Å². The topological polar surface area (TPSA) is 52.3 Å². The zero-order chi connectivity index (χ0) is 15.6. The molecular formula is C16H25F2NO2. The van der Waals surface area contributed by atoms with Crippen LogP contribution in [0.5, 0.6) is 0 Å². The minimum absolute atomic E-state index is 0.0750. The Morgan fingerprint density at radius 2 is 1.86 bits per heavy atom. The van der Waals surface area contributed by atoms with Crippen LogP contribution in [0.2, 0.25) is 0 Å². The molecule has 3 fully saturated rings. The molecule has 0 spiro atoms. The second-order valence-electron chi connectivity index (χ2n) is 8.14. The van der Waals surface area contributed by atoms with Crippen molar-refractivity contribution in [3.63, 3.8) is 0 Å². The van der Waals surface area contributed by atoms with E-state index in [0.717, 1.165) is 6.42 Å². The van der Waals surface area contributed by atoms with Crippen molar-refractivity contribution in [3.05, 3.63) is 0 Å². The van der Waals surface area contributed by atoms with Crippen LogP contribution in [0.25, 0.3) is 0 Å². The Hall–Kier alpha value is -0.710. The Kier molecular flexibility index (Phi) is 3.18. The van der Waals surface area contributed by atoms with Crippen molar-refractivity contribution in [2.24, 2.45) is 34.8 Å². The molecule has 0 amide bonds. The van der Waals surface area contributed by atoms with E-state index in [4.69, 9.17) is 10.5 Å². The molecule has 21 heavy (non-hydrogen) atoms. The minimum atomic E-state index is -2.57. The lowest BCUT2D eigenvalue weighted by Gasteiger charge is -2.57. The Balaban J connectivity index is 1.79. The number of carbonyl (C=O) groups is 1. The van der Waals surface area contributed by atoms with E-state index in [-0.39, 0.29) is 36.6 Å². The highest BCUT2D eigenvalue weighted by atomic mass is 19.3. The Labute approximate surface area is 124 Å². The summed E-state index contributed by atoms with van der Waals surface area (Å²) in [5.41, 5.74) is 4.95. The number of nitrogens with two attached hydrogens (primary N) is 1. The first-order valence-electron chi connectivity index (χ1n) is 7.90. The Morgan fingerprint density at radius 3 is 2.43 bits per heavy atom. The largest absolute Gasteiger partial charge is 0.460 e. The molecule has 120 valence electrons. The fourth-order valence-corrected chi connectivity index (χ4v) is 5.36. The van der Waals surface area contributed by atoms with Crippen LogP contribution in [0, 0.1) is 29.1 Å². The number of hydrogen-bond acceptors (Lipinski definition) is 3. The van der Waals surface area contributed by atoms with Gasteiger partial charge in [-0.15, -0.1) is 0 Å². The quantitative estimate of drug-likeness (QED) is 0.815. The normalized spacial score (nSPS) is 43.3. The number of ether oxygens (including phenoxy) is 1. The van der Waals surface area contributed by atoms with E-state index in [1.807, 2.05) is 20.8 Å². The third kappa shape index (κ3) is 2.11. The van der Waals surface area contributed by atoms with Gasteiger partial charge in [0.05, 0.1) is 6.42 Å². The molecule has 3 nitrogen and oxygen atoms in total. The van der Waals surface area contributed by atoms with Crippen LogP contribution in [0.15, 0.2) is 0 Å². The molecule has 0 heterocycles. The van der Waals surface area contributed by atoms with Crippen molar-refractivity contribution in [1.29, 1.82) is 0 Å². The molecule has 0 aromatic rings. The van der Waals surface area contributed by atoms with E-state index in [1.54, 1.807) is 0 Å². The summed E-state index contributed by atoms with van der Waals surface area (Å²) in [6, 6.07) is 0. The number of carbonyl (C=O) groups excluding carboxylic acids is 1. The summed E-state index contributed by atoms with van der Waals surface area (Å²) in [7, 11) is 0. The van der Waals surface area contributed by atoms with Crippen molar-refractivity contribution in [2.45, 2.75) is 58.0 Å². The molecule has 2 N–H and O–H groups in total. The fourth-order valence-electron chi connectivity index (χ4n) is 5.36. The molecule has 3 aliphatic rings. The molecule has 0 saturated heterocycles. The second-order valence-corrected chi connectivity index (χ2v) is 8.14. The first kappa shape index (κ1) is 15.2. The molecule has 0 radical (unpaired) electrons. The average Bonchev–Trinajstić information content (AvgIpc) is 2.81. The molecular weight excluding hydrogens is 276 g/mol. The van der Waals surface area contributed by atoms with E-state index < -0.39 is 22.9 Å². The maximum absolute atomic E-state index is 14.1. The second kappa shape index (κ2) is 4.40. The smallest absolute Gasteiger partial charge is 0.306 e. The van der Waals surface area contributed by atoms with Crippen LogP contribution in [0.4, 0.5) is 8.78 Å². The van der Waals surface area contributed by atoms with Crippen LogP contribution >= 0.6 is 0 Å². The predicted molar refractivity (Wildman–Crippen MR) is 74.7 cm³/mol. The first-order valence-corrected chi connectivity index (χ1v) is 7.90. The summed E-state index contributed by atoms with van der Waals surface area (Å²) < 4.78 is 33.6. The van der Waals surface area contributed by atoms with Crippen LogP contribution in [-0.4, -0.2) is 24.0 Å². The lowest BCUT2D eigenvalue weighted by atomic mass is 9.47. The highest BCUT2D eigenvalue weighted by Crippen LogP contribution is 2.74. The summed E-state index contributed by atoms with van der Waals surface area (Å²) in [5.74, 6) is -3.21. The summed E-state index contributed by atoms with van der Waals surface area (Å²) in [5, 5.41) is 0. The zero-order valence-corrected chi connectivity index (χ0v) is 13.0. The van der Waals surface area contributed by atoms with Crippen molar-refractivity contribution >= 4 is 5.97 Å². The highest BCUT2D eigenvalue weighted by molar-refractivity contribution is 5.71. The molecule has 5 atom stereocenters. The number of halogens is 2. The molecule has 0 aromatic carbocycles. The summed E-state index contributed by atoms with van der Waals surface area (Å²) >= 11 is 0. The maximum atomic E-state index is 14.1. The van der Waals surface area contributed by atoms with Gasteiger partial charge in [0.2, 0.25) is 0 Å². The standard InChI is InChI=1S/C16H25F2NO2/c1-14(2,3)21-12(20)7-15(8-19)9-4-5-10-13(9)11(15)6-16(10,17)18/h9-11,13H,4-8,19H2,1-3H3/t9-,10+,11+,13-,15+/m0/s1. The van der Waals surface area contributed by atoms with Gasteiger partial charge in [0, 0.05) is 12.3 Å². The maximum Gasteiger partial charge on any atom is 0.306 e. The lowest BCUT2D eigenvalue weighted by Crippen LogP contribution is -2.58. The summed E-state index contributed by atoms with van der Waals surface area (Å²) in [6.07, 6.45) is 1.45. The highest BCUT2D eigenvalue weighted by Gasteiger charge is 2.74.